The van der Waals surface area contributed by atoms with Gasteiger partial charge in [-0.1, -0.05) is 24.3 Å². The molecular weight excluding hydrogens is 345 g/mol. The first-order valence-corrected chi connectivity index (χ1v) is 8.83. The van der Waals surface area contributed by atoms with E-state index in [9.17, 15) is 9.18 Å². The van der Waals surface area contributed by atoms with E-state index in [0.29, 0.717) is 43.1 Å². The molecule has 3 aromatic rings. The van der Waals surface area contributed by atoms with E-state index in [2.05, 4.69) is 6.07 Å². The highest BCUT2D eigenvalue weighted by Gasteiger charge is 2.25. The van der Waals surface area contributed by atoms with Gasteiger partial charge in [0.1, 0.15) is 23.9 Å². The second-order valence-electron chi connectivity index (χ2n) is 6.44. The summed E-state index contributed by atoms with van der Waals surface area (Å²) < 4.78 is 21.7. The quantitative estimate of drug-likeness (QED) is 0.648. The van der Waals surface area contributed by atoms with Gasteiger partial charge in [0.25, 0.3) is 0 Å². The van der Waals surface area contributed by atoms with Crippen LogP contribution in [0.4, 0.5) is 10.1 Å². The molecule has 0 unspecified atom stereocenters. The molecule has 1 aromatic heterocycles. The summed E-state index contributed by atoms with van der Waals surface area (Å²) in [5.41, 5.74) is 1.85. The molecule has 1 aliphatic heterocycles. The number of nitriles is 1. The minimum absolute atomic E-state index is 0.0730. The molecular formula is C21H18FN3O2. The molecule has 27 heavy (non-hydrogen) atoms. The smallest absolute Gasteiger partial charge is 0.184 e. The molecule has 0 saturated heterocycles. The number of carbonyl (C=O) groups excluding carboxylic acids is 1. The number of halogens is 1. The van der Waals surface area contributed by atoms with Gasteiger partial charge < -0.3 is 14.2 Å². The van der Waals surface area contributed by atoms with Crippen LogP contribution in [0.3, 0.4) is 0 Å². The lowest BCUT2D eigenvalue weighted by Gasteiger charge is -2.30. The number of para-hydroxylation sites is 2. The summed E-state index contributed by atoms with van der Waals surface area (Å²) in [6, 6.07) is 14.5. The van der Waals surface area contributed by atoms with Crippen molar-refractivity contribution in [1.29, 1.82) is 5.26 Å². The van der Waals surface area contributed by atoms with Crippen molar-refractivity contribution in [2.75, 3.05) is 24.6 Å². The summed E-state index contributed by atoms with van der Waals surface area (Å²) in [4.78, 5) is 14.8. The molecule has 4 rings (SSSR count). The summed E-state index contributed by atoms with van der Waals surface area (Å²) in [6.45, 7) is 1.46. The third-order valence-corrected chi connectivity index (χ3v) is 4.77. The number of aryl methyl sites for hydroxylation is 1. The highest BCUT2D eigenvalue weighted by Crippen LogP contribution is 2.34. The first kappa shape index (κ1) is 17.1. The molecule has 0 N–H and O–H groups in total. The molecule has 6 heteroatoms. The Morgan fingerprint density at radius 3 is 2.93 bits per heavy atom. The second kappa shape index (κ2) is 7.12. The lowest BCUT2D eigenvalue weighted by Crippen LogP contribution is -2.37. The van der Waals surface area contributed by atoms with Crippen molar-refractivity contribution in [3.63, 3.8) is 0 Å². The Kier molecular flexibility index (Phi) is 4.51. The average molecular weight is 363 g/mol. The van der Waals surface area contributed by atoms with E-state index < -0.39 is 5.82 Å². The molecule has 136 valence electrons. The van der Waals surface area contributed by atoms with Gasteiger partial charge in [-0.05, 0) is 18.2 Å². The molecule has 0 fully saturated rings. The Hall–Kier alpha value is -3.33. The van der Waals surface area contributed by atoms with Gasteiger partial charge in [-0.15, -0.1) is 0 Å². The van der Waals surface area contributed by atoms with Crippen LogP contribution >= 0.6 is 0 Å². The zero-order valence-corrected chi connectivity index (χ0v) is 14.7. The van der Waals surface area contributed by atoms with Crippen molar-refractivity contribution in [3.05, 3.63) is 60.0 Å². The minimum atomic E-state index is -0.392. The number of rotatable bonds is 5. The topological polar surface area (TPSA) is 58.3 Å². The lowest BCUT2D eigenvalue weighted by molar-refractivity contribution is 0.0998. The number of Topliss-reactive ketones (excluding diaryl/α,β-unsaturated/α-hetero) is 1. The Bertz CT molecular complexity index is 1050. The standard InChI is InChI=1S/C21H18FN3O2/c22-17-6-3-8-20-21(17)25(11-12-27-20)14-19(26)16-13-24(10-4-9-23)18-7-2-1-5-15(16)18/h1-3,5-8,13H,4,10-12,14H2. The maximum atomic E-state index is 14.3. The second-order valence-corrected chi connectivity index (χ2v) is 6.44. The van der Waals surface area contributed by atoms with E-state index in [4.69, 9.17) is 10.00 Å². The normalized spacial score (nSPS) is 13.1. The number of aromatic nitrogens is 1. The van der Waals surface area contributed by atoms with Crippen molar-refractivity contribution in [3.8, 4) is 11.8 Å². The number of nitrogens with zero attached hydrogens (tertiary/aromatic N) is 3. The van der Waals surface area contributed by atoms with E-state index in [0.717, 1.165) is 10.9 Å². The van der Waals surface area contributed by atoms with E-state index in [1.165, 1.54) is 6.07 Å². The molecule has 2 heterocycles. The van der Waals surface area contributed by atoms with Crippen LogP contribution < -0.4 is 9.64 Å². The minimum Gasteiger partial charge on any atom is -0.489 e. The maximum absolute atomic E-state index is 14.3. The van der Waals surface area contributed by atoms with Crippen molar-refractivity contribution < 1.29 is 13.9 Å². The molecule has 0 radical (unpaired) electrons. The Balaban J connectivity index is 1.66. The van der Waals surface area contributed by atoms with Gasteiger partial charge in [0, 0.05) is 29.2 Å². The summed E-state index contributed by atoms with van der Waals surface area (Å²) in [6.07, 6.45) is 2.17. The number of benzene rings is 2. The molecule has 0 aliphatic carbocycles. The van der Waals surface area contributed by atoms with Crippen molar-refractivity contribution in [1.82, 2.24) is 4.57 Å². The van der Waals surface area contributed by atoms with Gasteiger partial charge in [-0.2, -0.15) is 5.26 Å². The van der Waals surface area contributed by atoms with Crippen LogP contribution in [0.5, 0.6) is 5.75 Å². The van der Waals surface area contributed by atoms with Gasteiger partial charge in [-0.25, -0.2) is 4.39 Å². The van der Waals surface area contributed by atoms with Crippen molar-refractivity contribution in [2.45, 2.75) is 13.0 Å². The highest BCUT2D eigenvalue weighted by atomic mass is 19.1. The Labute approximate surface area is 156 Å². The number of ether oxygens (including phenoxy) is 1. The number of anilines is 1. The monoisotopic (exact) mass is 363 g/mol. The first-order valence-electron chi connectivity index (χ1n) is 8.83. The van der Waals surface area contributed by atoms with Crippen LogP contribution in [0.1, 0.15) is 16.8 Å². The fourth-order valence-electron chi connectivity index (χ4n) is 3.54. The predicted octanol–water partition coefficient (Wildman–Crippen LogP) is 3.78. The van der Waals surface area contributed by atoms with E-state index in [-0.39, 0.29) is 12.3 Å². The van der Waals surface area contributed by atoms with Gasteiger partial charge >= 0.3 is 0 Å². The summed E-state index contributed by atoms with van der Waals surface area (Å²) in [5.74, 6) is -0.0139. The maximum Gasteiger partial charge on any atom is 0.184 e. The number of carbonyl (C=O) groups is 1. The van der Waals surface area contributed by atoms with E-state index in [1.807, 2.05) is 28.8 Å². The van der Waals surface area contributed by atoms with Crippen LogP contribution in [-0.2, 0) is 6.54 Å². The third-order valence-electron chi connectivity index (χ3n) is 4.77. The third kappa shape index (κ3) is 3.13. The molecule has 0 bridgehead atoms. The summed E-state index contributed by atoms with van der Waals surface area (Å²) in [7, 11) is 0. The first-order chi connectivity index (χ1) is 13.2. The SMILES string of the molecule is N#CCCn1cc(C(=O)CN2CCOc3cccc(F)c32)c2ccccc21. The number of hydrogen-bond donors (Lipinski definition) is 0. The zero-order chi connectivity index (χ0) is 18.8. The van der Waals surface area contributed by atoms with Crippen LogP contribution in [0.2, 0.25) is 0 Å². The van der Waals surface area contributed by atoms with Gasteiger partial charge in [0.2, 0.25) is 0 Å². The highest BCUT2D eigenvalue weighted by molar-refractivity contribution is 6.10. The fraction of sp³-hybridized carbons (Fsp3) is 0.238. The Morgan fingerprint density at radius 2 is 2.07 bits per heavy atom. The van der Waals surface area contributed by atoms with Crippen LogP contribution in [-0.4, -0.2) is 30.0 Å². The lowest BCUT2D eigenvalue weighted by atomic mass is 10.1. The Morgan fingerprint density at radius 1 is 1.22 bits per heavy atom. The van der Waals surface area contributed by atoms with Gasteiger partial charge in [-0.3, -0.25) is 4.79 Å². The molecule has 0 atom stereocenters. The van der Waals surface area contributed by atoms with Gasteiger partial charge in [0.05, 0.1) is 25.6 Å². The summed E-state index contributed by atoms with van der Waals surface area (Å²) in [5, 5.41) is 9.72. The van der Waals surface area contributed by atoms with E-state index in [1.54, 1.807) is 23.2 Å². The summed E-state index contributed by atoms with van der Waals surface area (Å²) >= 11 is 0. The molecule has 0 saturated carbocycles. The predicted molar refractivity (Wildman–Crippen MR) is 101 cm³/mol. The average Bonchev–Trinajstić information content (AvgIpc) is 3.05. The van der Waals surface area contributed by atoms with Crippen LogP contribution in [0.15, 0.2) is 48.7 Å². The van der Waals surface area contributed by atoms with Gasteiger partial charge in [0.15, 0.2) is 5.78 Å². The number of hydrogen-bond acceptors (Lipinski definition) is 4. The van der Waals surface area contributed by atoms with Crippen molar-refractivity contribution >= 4 is 22.4 Å². The number of fused-ring (bicyclic) bond motifs is 2. The number of ketones is 1. The van der Waals surface area contributed by atoms with Crippen molar-refractivity contribution in [2.24, 2.45) is 0 Å². The van der Waals surface area contributed by atoms with E-state index >= 15 is 0 Å². The largest absolute Gasteiger partial charge is 0.489 e. The molecule has 1 aliphatic rings. The van der Waals surface area contributed by atoms with Crippen LogP contribution in [0, 0.1) is 17.1 Å². The van der Waals surface area contributed by atoms with Crippen LogP contribution in [0.25, 0.3) is 10.9 Å². The molecule has 0 amide bonds. The molecule has 2 aromatic carbocycles. The molecule has 0 spiro atoms. The zero-order valence-electron chi connectivity index (χ0n) is 14.7. The molecule has 5 nitrogen and oxygen atoms in total. The fourth-order valence-corrected chi connectivity index (χ4v) is 3.54.